The number of thiophene rings is 1. The average Bonchev–Trinajstić information content (AvgIpc) is 3.17. The number of fused-ring (bicyclic) bond motifs is 1. The minimum atomic E-state index is -0.530. The molecule has 0 bridgehead atoms. The van der Waals surface area contributed by atoms with E-state index in [1.807, 2.05) is 29.6 Å². The maximum atomic E-state index is 13.7. The summed E-state index contributed by atoms with van der Waals surface area (Å²) in [7, 11) is 0. The first kappa shape index (κ1) is 19.0. The van der Waals surface area contributed by atoms with Crippen LogP contribution < -0.4 is 10.9 Å². The molecular formula is C22H18FN3O2S. The number of nitrogens with zero attached hydrogens (tertiary/aromatic N) is 2. The van der Waals surface area contributed by atoms with Crippen molar-refractivity contribution in [2.45, 2.75) is 19.9 Å². The zero-order valence-corrected chi connectivity index (χ0v) is 16.5. The number of nitrogens with one attached hydrogen (secondary N) is 1. The number of anilines is 1. The van der Waals surface area contributed by atoms with E-state index in [-0.39, 0.29) is 17.8 Å². The summed E-state index contributed by atoms with van der Waals surface area (Å²) in [4.78, 5) is 30.3. The molecule has 0 unspecified atom stereocenters. The zero-order valence-electron chi connectivity index (χ0n) is 15.7. The minimum Gasteiger partial charge on any atom is -0.322 e. The maximum absolute atomic E-state index is 13.7. The van der Waals surface area contributed by atoms with Crippen LogP contribution in [0.5, 0.6) is 0 Å². The monoisotopic (exact) mass is 407 g/mol. The highest BCUT2D eigenvalue weighted by Crippen LogP contribution is 2.30. The number of rotatable bonds is 5. The van der Waals surface area contributed by atoms with E-state index in [1.54, 1.807) is 12.1 Å². The van der Waals surface area contributed by atoms with E-state index in [9.17, 15) is 14.0 Å². The third-order valence-electron chi connectivity index (χ3n) is 4.70. The van der Waals surface area contributed by atoms with Gasteiger partial charge in [0.25, 0.3) is 5.56 Å². The topological polar surface area (TPSA) is 64.0 Å². The molecule has 7 heteroatoms. The Labute approximate surface area is 170 Å². The smallest absolute Gasteiger partial charge is 0.263 e. The highest BCUT2D eigenvalue weighted by molar-refractivity contribution is 7.17. The van der Waals surface area contributed by atoms with Crippen LogP contribution in [0.25, 0.3) is 21.3 Å². The van der Waals surface area contributed by atoms with E-state index in [4.69, 9.17) is 0 Å². The second kappa shape index (κ2) is 7.97. The molecule has 0 aliphatic rings. The first-order valence-electron chi connectivity index (χ1n) is 9.17. The third-order valence-corrected chi connectivity index (χ3v) is 5.58. The molecule has 0 saturated heterocycles. The van der Waals surface area contributed by atoms with E-state index in [1.165, 1.54) is 39.9 Å². The number of aryl methyl sites for hydroxylation is 1. The molecule has 1 N–H and O–H groups in total. The predicted octanol–water partition coefficient (Wildman–Crippen LogP) is 4.47. The van der Waals surface area contributed by atoms with Crippen molar-refractivity contribution in [1.29, 1.82) is 0 Å². The molecule has 4 aromatic rings. The second-order valence-corrected chi connectivity index (χ2v) is 7.44. The van der Waals surface area contributed by atoms with Crippen LogP contribution in [0.3, 0.4) is 0 Å². The molecule has 29 heavy (non-hydrogen) atoms. The van der Waals surface area contributed by atoms with E-state index >= 15 is 0 Å². The standard InChI is InChI=1S/C22H18FN3O2S/c1-2-14-7-9-15(10-8-14)16-12-29-21-20(16)22(28)26(13-24-21)11-19(27)25-18-6-4-3-5-17(18)23/h3-10,12-13H,2,11H2,1H3,(H,25,27). The summed E-state index contributed by atoms with van der Waals surface area (Å²) >= 11 is 1.39. The van der Waals surface area contributed by atoms with Crippen LogP contribution in [0.1, 0.15) is 12.5 Å². The van der Waals surface area contributed by atoms with E-state index in [0.29, 0.717) is 10.2 Å². The van der Waals surface area contributed by atoms with Crippen molar-refractivity contribution in [3.8, 4) is 11.1 Å². The summed E-state index contributed by atoms with van der Waals surface area (Å²) in [5.74, 6) is -1.03. The number of hydrogen-bond donors (Lipinski definition) is 1. The van der Waals surface area contributed by atoms with Gasteiger partial charge >= 0.3 is 0 Å². The van der Waals surface area contributed by atoms with Crippen molar-refractivity contribution in [3.63, 3.8) is 0 Å². The zero-order chi connectivity index (χ0) is 20.4. The highest BCUT2D eigenvalue weighted by atomic mass is 32.1. The number of carbonyl (C=O) groups excluding carboxylic acids is 1. The van der Waals surface area contributed by atoms with Gasteiger partial charge in [0, 0.05) is 10.9 Å². The predicted molar refractivity (Wildman–Crippen MR) is 114 cm³/mol. The van der Waals surface area contributed by atoms with Gasteiger partial charge in [-0.15, -0.1) is 11.3 Å². The molecule has 0 radical (unpaired) electrons. The lowest BCUT2D eigenvalue weighted by molar-refractivity contribution is -0.116. The molecule has 2 aromatic carbocycles. The Balaban J connectivity index is 1.66. The Morgan fingerprint density at radius 2 is 1.93 bits per heavy atom. The molecule has 0 aliphatic carbocycles. The van der Waals surface area contributed by atoms with Crippen molar-refractivity contribution in [2.24, 2.45) is 0 Å². The Morgan fingerprint density at radius 1 is 1.17 bits per heavy atom. The van der Waals surface area contributed by atoms with Crippen LogP contribution in [0.4, 0.5) is 10.1 Å². The molecule has 0 atom stereocenters. The lowest BCUT2D eigenvalue weighted by Crippen LogP contribution is -2.28. The highest BCUT2D eigenvalue weighted by Gasteiger charge is 2.15. The van der Waals surface area contributed by atoms with Crippen LogP contribution in [0, 0.1) is 5.82 Å². The van der Waals surface area contributed by atoms with Crippen molar-refractivity contribution in [3.05, 3.63) is 82.0 Å². The van der Waals surface area contributed by atoms with Crippen LogP contribution in [-0.2, 0) is 17.8 Å². The van der Waals surface area contributed by atoms with Gasteiger partial charge in [0.1, 0.15) is 17.2 Å². The quantitative estimate of drug-likeness (QED) is 0.531. The van der Waals surface area contributed by atoms with Crippen molar-refractivity contribution < 1.29 is 9.18 Å². The summed E-state index contributed by atoms with van der Waals surface area (Å²) < 4.78 is 15.0. The van der Waals surface area contributed by atoms with Crippen molar-refractivity contribution >= 4 is 33.1 Å². The van der Waals surface area contributed by atoms with Gasteiger partial charge in [-0.25, -0.2) is 9.37 Å². The van der Waals surface area contributed by atoms with Gasteiger partial charge in [0.05, 0.1) is 17.4 Å². The van der Waals surface area contributed by atoms with Gasteiger partial charge in [0.15, 0.2) is 0 Å². The minimum absolute atomic E-state index is 0.0758. The molecule has 0 saturated carbocycles. The third kappa shape index (κ3) is 3.82. The largest absolute Gasteiger partial charge is 0.322 e. The number of benzene rings is 2. The molecular weight excluding hydrogens is 389 g/mol. The van der Waals surface area contributed by atoms with Crippen LogP contribution >= 0.6 is 11.3 Å². The molecule has 5 nitrogen and oxygen atoms in total. The van der Waals surface area contributed by atoms with Crippen LogP contribution in [0.2, 0.25) is 0 Å². The number of hydrogen-bond acceptors (Lipinski definition) is 4. The van der Waals surface area contributed by atoms with Crippen molar-refractivity contribution in [2.75, 3.05) is 5.32 Å². The number of carbonyl (C=O) groups is 1. The van der Waals surface area contributed by atoms with Crippen LogP contribution in [-0.4, -0.2) is 15.5 Å². The fourth-order valence-electron chi connectivity index (χ4n) is 3.12. The van der Waals surface area contributed by atoms with Gasteiger partial charge in [-0.2, -0.15) is 0 Å². The summed E-state index contributed by atoms with van der Waals surface area (Å²) in [6, 6.07) is 13.9. The molecule has 1 amide bonds. The summed E-state index contributed by atoms with van der Waals surface area (Å²) in [5, 5.41) is 4.88. The SMILES string of the molecule is CCc1ccc(-c2csc3ncn(CC(=O)Nc4ccccc4F)c(=O)c23)cc1. The Bertz CT molecular complexity index is 1250. The van der Waals surface area contributed by atoms with Gasteiger partial charge in [-0.1, -0.05) is 43.3 Å². The fraction of sp³-hybridized carbons (Fsp3) is 0.136. The molecule has 0 aliphatic heterocycles. The number of amides is 1. The lowest BCUT2D eigenvalue weighted by Gasteiger charge is -2.08. The molecule has 4 rings (SSSR count). The average molecular weight is 407 g/mol. The van der Waals surface area contributed by atoms with E-state index in [0.717, 1.165) is 17.5 Å². The first-order chi connectivity index (χ1) is 14.1. The van der Waals surface area contributed by atoms with Gasteiger partial charge in [-0.05, 0) is 29.7 Å². The molecule has 0 spiro atoms. The lowest BCUT2D eigenvalue weighted by atomic mass is 10.0. The van der Waals surface area contributed by atoms with Crippen LogP contribution in [0.15, 0.2) is 65.0 Å². The van der Waals surface area contributed by atoms with E-state index in [2.05, 4.69) is 17.2 Å². The summed E-state index contributed by atoms with van der Waals surface area (Å²) in [5.41, 5.74) is 2.73. The maximum Gasteiger partial charge on any atom is 0.263 e. The fourth-order valence-corrected chi connectivity index (χ4v) is 4.03. The molecule has 2 aromatic heterocycles. The summed E-state index contributed by atoms with van der Waals surface area (Å²) in [6.45, 7) is 1.84. The number of para-hydroxylation sites is 1. The second-order valence-electron chi connectivity index (χ2n) is 6.59. The number of aromatic nitrogens is 2. The van der Waals surface area contributed by atoms with Crippen molar-refractivity contribution in [1.82, 2.24) is 9.55 Å². The molecule has 0 fully saturated rings. The normalized spacial score (nSPS) is 11.0. The Morgan fingerprint density at radius 3 is 2.66 bits per heavy atom. The Kier molecular flexibility index (Phi) is 5.22. The Hall–Kier alpha value is -3.32. The molecule has 2 heterocycles. The van der Waals surface area contributed by atoms with Gasteiger partial charge in [-0.3, -0.25) is 14.2 Å². The first-order valence-corrected chi connectivity index (χ1v) is 10.0. The summed E-state index contributed by atoms with van der Waals surface area (Å²) in [6.07, 6.45) is 2.29. The number of halogens is 1. The molecule has 146 valence electrons. The van der Waals surface area contributed by atoms with Gasteiger partial charge in [0.2, 0.25) is 5.91 Å². The van der Waals surface area contributed by atoms with E-state index < -0.39 is 11.7 Å². The van der Waals surface area contributed by atoms with Gasteiger partial charge < -0.3 is 5.32 Å².